The molecule has 0 aromatic heterocycles. The molecule has 0 unspecified atom stereocenters. The van der Waals surface area contributed by atoms with Gasteiger partial charge < -0.3 is 16.4 Å². The Kier molecular flexibility index (Phi) is 10.6. The van der Waals surface area contributed by atoms with Crippen molar-refractivity contribution in [1.82, 2.24) is 5.32 Å². The average Bonchev–Trinajstić information content (AvgIpc) is 2.45. The highest BCUT2D eigenvalue weighted by Crippen LogP contribution is 2.12. The zero-order chi connectivity index (χ0) is 14.5. The van der Waals surface area contributed by atoms with Crippen molar-refractivity contribution < 1.29 is 4.79 Å². The number of hydrogen-bond acceptors (Lipinski definition) is 2. The lowest BCUT2D eigenvalue weighted by molar-refractivity contribution is 0.254. The largest absolute Gasteiger partial charge is 0.341 e. The normalized spacial score (nSPS) is 9.26. The lowest BCUT2D eigenvalue weighted by Gasteiger charge is -2.06. The summed E-state index contributed by atoms with van der Waals surface area (Å²) in [7, 11) is 1.61. The Labute approximate surface area is 116 Å². The topological polar surface area (TPSA) is 67.2 Å². The maximum Gasteiger partial charge on any atom is 0.318 e. The van der Waals surface area contributed by atoms with Crippen molar-refractivity contribution in [2.45, 2.75) is 39.5 Å². The number of amides is 2. The number of nitrogens with one attached hydrogen (secondary N) is 2. The van der Waals surface area contributed by atoms with E-state index in [-0.39, 0.29) is 6.03 Å². The van der Waals surface area contributed by atoms with E-state index < -0.39 is 0 Å². The van der Waals surface area contributed by atoms with Gasteiger partial charge in [-0.1, -0.05) is 32.4 Å². The number of benzene rings is 1. The first kappa shape index (κ1) is 17.4. The fraction of sp³-hybridized carbons (Fsp3) is 0.533. The molecule has 19 heavy (non-hydrogen) atoms. The van der Waals surface area contributed by atoms with Crippen LogP contribution in [0.3, 0.4) is 0 Å². The van der Waals surface area contributed by atoms with Gasteiger partial charge in [0.15, 0.2) is 0 Å². The highest BCUT2D eigenvalue weighted by molar-refractivity contribution is 5.89. The molecule has 1 aromatic rings. The van der Waals surface area contributed by atoms with Crippen LogP contribution in [0.5, 0.6) is 0 Å². The van der Waals surface area contributed by atoms with E-state index in [1.807, 2.05) is 18.2 Å². The fourth-order valence-electron chi connectivity index (χ4n) is 1.38. The Morgan fingerprint density at radius 1 is 1.26 bits per heavy atom. The molecular weight excluding hydrogens is 238 g/mol. The van der Waals surface area contributed by atoms with E-state index in [2.05, 4.69) is 30.5 Å². The summed E-state index contributed by atoms with van der Waals surface area (Å²) in [6.45, 7) is 5.05. The lowest BCUT2D eigenvalue weighted by Crippen LogP contribution is -2.24. The first-order valence-corrected chi connectivity index (χ1v) is 6.95. The maximum absolute atomic E-state index is 11.1. The van der Waals surface area contributed by atoms with Crippen molar-refractivity contribution in [2.75, 3.05) is 18.9 Å². The van der Waals surface area contributed by atoms with Gasteiger partial charge in [-0.25, -0.2) is 4.79 Å². The number of nitrogens with two attached hydrogens (primary N) is 1. The van der Waals surface area contributed by atoms with Gasteiger partial charge in [0, 0.05) is 12.7 Å². The highest BCUT2D eigenvalue weighted by atomic mass is 16.2. The molecule has 4 nitrogen and oxygen atoms in total. The molecule has 0 fully saturated rings. The van der Waals surface area contributed by atoms with Crippen LogP contribution in [0.2, 0.25) is 0 Å². The number of unbranched alkanes of at least 4 members (excludes halogenated alkanes) is 1. The third-order valence-corrected chi connectivity index (χ3v) is 2.52. The number of carbonyl (C=O) groups is 1. The molecule has 2 amide bonds. The molecule has 0 saturated heterocycles. The van der Waals surface area contributed by atoms with Crippen molar-refractivity contribution in [3.8, 4) is 0 Å². The molecule has 1 rings (SSSR count). The molecule has 0 bridgehead atoms. The molecule has 4 heteroatoms. The molecule has 108 valence electrons. The summed E-state index contributed by atoms with van der Waals surface area (Å²) in [5.74, 6) is 0. The van der Waals surface area contributed by atoms with Gasteiger partial charge >= 0.3 is 6.03 Å². The average molecular weight is 265 g/mol. The maximum atomic E-state index is 11.1. The Morgan fingerprint density at radius 2 is 1.95 bits per heavy atom. The Morgan fingerprint density at radius 3 is 2.47 bits per heavy atom. The summed E-state index contributed by atoms with van der Waals surface area (Å²) in [6.07, 6.45) is 4.54. The molecule has 0 aliphatic heterocycles. The van der Waals surface area contributed by atoms with Crippen LogP contribution < -0.4 is 16.4 Å². The molecule has 0 atom stereocenters. The molecule has 1 aromatic carbocycles. The molecule has 4 N–H and O–H groups in total. The molecule has 0 saturated carbocycles. The first-order valence-electron chi connectivity index (χ1n) is 6.95. The minimum atomic E-state index is -0.178. The Hall–Kier alpha value is -1.55. The van der Waals surface area contributed by atoms with Crippen LogP contribution in [0.25, 0.3) is 0 Å². The number of aryl methyl sites for hydroxylation is 1. The number of anilines is 1. The van der Waals surface area contributed by atoms with E-state index >= 15 is 0 Å². The van der Waals surface area contributed by atoms with Crippen LogP contribution in [0.1, 0.15) is 38.7 Å². The summed E-state index contributed by atoms with van der Waals surface area (Å²) in [5.41, 5.74) is 7.15. The van der Waals surface area contributed by atoms with Crippen LogP contribution >= 0.6 is 0 Å². The molecule has 0 spiro atoms. The summed E-state index contributed by atoms with van der Waals surface area (Å²) in [4.78, 5) is 11.1. The van der Waals surface area contributed by atoms with Crippen molar-refractivity contribution in [3.05, 3.63) is 29.8 Å². The number of urea groups is 1. The van der Waals surface area contributed by atoms with Gasteiger partial charge in [-0.2, -0.15) is 0 Å². The smallest absolute Gasteiger partial charge is 0.318 e. The van der Waals surface area contributed by atoms with Gasteiger partial charge in [0.1, 0.15) is 0 Å². The van der Waals surface area contributed by atoms with Gasteiger partial charge in [-0.3, -0.25) is 0 Å². The van der Waals surface area contributed by atoms with E-state index in [1.165, 1.54) is 18.4 Å². The van der Waals surface area contributed by atoms with E-state index in [0.717, 1.165) is 25.1 Å². The second-order valence-electron chi connectivity index (χ2n) is 4.30. The summed E-state index contributed by atoms with van der Waals surface area (Å²) in [5, 5.41) is 5.28. The van der Waals surface area contributed by atoms with Crippen LogP contribution in [0.15, 0.2) is 24.3 Å². The second kappa shape index (κ2) is 11.5. The second-order valence-corrected chi connectivity index (χ2v) is 4.30. The predicted molar refractivity (Wildman–Crippen MR) is 82.5 cm³/mol. The van der Waals surface area contributed by atoms with Crippen LogP contribution in [-0.2, 0) is 6.42 Å². The highest BCUT2D eigenvalue weighted by Gasteiger charge is 1.99. The zero-order valence-corrected chi connectivity index (χ0v) is 12.3. The van der Waals surface area contributed by atoms with Gasteiger partial charge in [0.05, 0.1) is 0 Å². The predicted octanol–water partition coefficient (Wildman–Crippen LogP) is 3.14. The SMILES string of the molecule is CCCCc1cccc(NC(=O)NC)c1.CCCN. The first-order chi connectivity index (χ1) is 9.17. The van der Waals surface area contributed by atoms with Crippen molar-refractivity contribution >= 4 is 11.7 Å². The van der Waals surface area contributed by atoms with E-state index in [0.29, 0.717) is 0 Å². The van der Waals surface area contributed by atoms with Crippen LogP contribution in [0.4, 0.5) is 10.5 Å². The van der Waals surface area contributed by atoms with Crippen molar-refractivity contribution in [3.63, 3.8) is 0 Å². The van der Waals surface area contributed by atoms with Gasteiger partial charge in [0.25, 0.3) is 0 Å². The minimum absolute atomic E-state index is 0.178. The van der Waals surface area contributed by atoms with Crippen LogP contribution in [-0.4, -0.2) is 19.6 Å². The third kappa shape index (κ3) is 9.08. The molecule has 0 aliphatic rings. The number of carbonyl (C=O) groups excluding carboxylic acids is 1. The van der Waals surface area contributed by atoms with Crippen LogP contribution in [0, 0.1) is 0 Å². The van der Waals surface area contributed by atoms with E-state index in [9.17, 15) is 4.79 Å². The number of rotatable bonds is 5. The van der Waals surface area contributed by atoms with E-state index in [4.69, 9.17) is 5.73 Å². The fourth-order valence-corrected chi connectivity index (χ4v) is 1.38. The van der Waals surface area contributed by atoms with E-state index in [1.54, 1.807) is 7.05 Å². The molecular formula is C15H27N3O. The standard InChI is InChI=1S/C12H18N2O.C3H9N/c1-3-4-6-10-7-5-8-11(9-10)14-12(15)13-2;1-2-3-4/h5,7-9H,3-4,6H2,1-2H3,(H2,13,14,15);2-4H2,1H3. The molecule has 0 aliphatic carbocycles. The number of hydrogen-bond donors (Lipinski definition) is 3. The summed E-state index contributed by atoms with van der Waals surface area (Å²) < 4.78 is 0. The van der Waals surface area contributed by atoms with Gasteiger partial charge in [0.2, 0.25) is 0 Å². The third-order valence-electron chi connectivity index (χ3n) is 2.52. The quantitative estimate of drug-likeness (QED) is 0.765. The molecule has 0 radical (unpaired) electrons. The lowest BCUT2D eigenvalue weighted by atomic mass is 10.1. The van der Waals surface area contributed by atoms with Gasteiger partial charge in [-0.05, 0) is 43.5 Å². The Bertz CT molecular complexity index is 351. The monoisotopic (exact) mass is 265 g/mol. The van der Waals surface area contributed by atoms with Crippen molar-refractivity contribution in [2.24, 2.45) is 5.73 Å². The summed E-state index contributed by atoms with van der Waals surface area (Å²) >= 11 is 0. The molecule has 0 heterocycles. The zero-order valence-electron chi connectivity index (χ0n) is 12.3. The van der Waals surface area contributed by atoms with Crippen molar-refractivity contribution in [1.29, 1.82) is 0 Å². The van der Waals surface area contributed by atoms with Gasteiger partial charge in [-0.15, -0.1) is 0 Å². The summed E-state index contributed by atoms with van der Waals surface area (Å²) in [6, 6.07) is 7.79. The minimum Gasteiger partial charge on any atom is -0.341 e. The Balaban J connectivity index is 0.000000711.